The second-order valence-corrected chi connectivity index (χ2v) is 6.25. The maximum atomic E-state index is 3.30. The van der Waals surface area contributed by atoms with Gasteiger partial charge in [0, 0.05) is 13.1 Å². The van der Waals surface area contributed by atoms with Crippen LogP contribution in [0.2, 0.25) is 0 Å². The Balaban J connectivity index is 1.67. The van der Waals surface area contributed by atoms with Crippen LogP contribution in [0.3, 0.4) is 0 Å². The summed E-state index contributed by atoms with van der Waals surface area (Å²) in [4.78, 5) is 2.70. The van der Waals surface area contributed by atoms with Crippen molar-refractivity contribution in [3.05, 3.63) is 0 Å². The Morgan fingerprint density at radius 3 is 2.73 bits per heavy atom. The molecule has 2 fully saturated rings. The van der Waals surface area contributed by atoms with Crippen molar-refractivity contribution in [3.63, 3.8) is 0 Å². The first-order valence-electron chi connectivity index (χ1n) is 6.33. The van der Waals surface area contributed by atoms with Gasteiger partial charge in [-0.15, -0.1) is 0 Å². The van der Waals surface area contributed by atoms with Gasteiger partial charge in [0.25, 0.3) is 0 Å². The lowest BCUT2D eigenvalue weighted by molar-refractivity contribution is 0.259. The van der Waals surface area contributed by atoms with Gasteiger partial charge in [-0.1, -0.05) is 0 Å². The second-order valence-electron chi connectivity index (χ2n) is 5.03. The Morgan fingerprint density at radius 2 is 2.00 bits per heavy atom. The Bertz CT molecular complexity index is 180. The van der Waals surface area contributed by atoms with Gasteiger partial charge in [-0.25, -0.2) is 0 Å². The maximum Gasteiger partial charge on any atom is 0.00224 e. The summed E-state index contributed by atoms with van der Waals surface area (Å²) in [5.41, 5.74) is 0. The van der Waals surface area contributed by atoms with Gasteiger partial charge in [0.1, 0.15) is 0 Å². The van der Waals surface area contributed by atoms with Crippen molar-refractivity contribution in [1.82, 2.24) is 10.2 Å². The number of hydrogen-bond acceptors (Lipinski definition) is 3. The fraction of sp³-hybridized carbons (Fsp3) is 1.00. The lowest BCUT2D eigenvalue weighted by Gasteiger charge is -2.26. The molecule has 0 aliphatic carbocycles. The molecule has 2 rings (SSSR count). The highest BCUT2D eigenvalue weighted by molar-refractivity contribution is 7.99. The van der Waals surface area contributed by atoms with E-state index >= 15 is 0 Å². The van der Waals surface area contributed by atoms with Gasteiger partial charge in [0.15, 0.2) is 0 Å². The van der Waals surface area contributed by atoms with Gasteiger partial charge in [-0.3, -0.25) is 0 Å². The van der Waals surface area contributed by atoms with Crippen LogP contribution in [0.4, 0.5) is 0 Å². The summed E-state index contributed by atoms with van der Waals surface area (Å²) in [5, 5.41) is 3.30. The minimum Gasteiger partial charge on any atom is -0.319 e. The highest BCUT2D eigenvalue weighted by Gasteiger charge is 2.24. The molecule has 2 aliphatic rings. The fourth-order valence-corrected chi connectivity index (χ4v) is 4.03. The van der Waals surface area contributed by atoms with Crippen molar-refractivity contribution < 1.29 is 0 Å². The quantitative estimate of drug-likeness (QED) is 0.788. The third kappa shape index (κ3) is 3.65. The second kappa shape index (κ2) is 6.12. The average molecular weight is 228 g/mol. The molecule has 0 amide bonds. The Kier molecular flexibility index (Phi) is 4.79. The SMILES string of the molecule is CNCC1CCN(CC2CCSCC2)C1. The van der Waals surface area contributed by atoms with Crippen LogP contribution in [0.5, 0.6) is 0 Å². The fourth-order valence-electron chi connectivity index (χ4n) is 2.83. The molecule has 2 nitrogen and oxygen atoms in total. The summed E-state index contributed by atoms with van der Waals surface area (Å²) in [6.45, 7) is 5.26. The standard InChI is InChI=1S/C12H24N2S/c1-13-8-12-2-5-14(10-12)9-11-3-6-15-7-4-11/h11-13H,2-10H2,1H3. The van der Waals surface area contributed by atoms with Crippen LogP contribution in [-0.2, 0) is 0 Å². The van der Waals surface area contributed by atoms with Crippen LogP contribution in [0.1, 0.15) is 19.3 Å². The molecule has 2 saturated heterocycles. The van der Waals surface area contributed by atoms with Crippen molar-refractivity contribution >= 4 is 11.8 Å². The topological polar surface area (TPSA) is 15.3 Å². The minimum atomic E-state index is 0.910. The summed E-state index contributed by atoms with van der Waals surface area (Å²) >= 11 is 2.14. The Hall–Kier alpha value is 0.270. The third-order valence-electron chi connectivity index (χ3n) is 3.72. The highest BCUT2D eigenvalue weighted by atomic mass is 32.2. The molecular formula is C12H24N2S. The first-order chi connectivity index (χ1) is 7.38. The van der Waals surface area contributed by atoms with E-state index in [1.54, 1.807) is 0 Å². The molecule has 0 radical (unpaired) electrons. The van der Waals surface area contributed by atoms with E-state index in [0.717, 1.165) is 11.8 Å². The first kappa shape index (κ1) is 11.7. The first-order valence-corrected chi connectivity index (χ1v) is 7.48. The number of likely N-dealkylation sites (tertiary alicyclic amines) is 1. The molecule has 2 aliphatic heterocycles. The molecule has 0 aromatic heterocycles. The van der Waals surface area contributed by atoms with Crippen molar-refractivity contribution in [2.45, 2.75) is 19.3 Å². The summed E-state index contributed by atoms with van der Waals surface area (Å²) in [5.74, 6) is 4.71. The average Bonchev–Trinajstić information content (AvgIpc) is 2.68. The Labute approximate surface area is 98.2 Å². The largest absolute Gasteiger partial charge is 0.319 e. The summed E-state index contributed by atoms with van der Waals surface area (Å²) in [6, 6.07) is 0. The lowest BCUT2D eigenvalue weighted by Crippen LogP contribution is -2.30. The van der Waals surface area contributed by atoms with E-state index in [9.17, 15) is 0 Å². The van der Waals surface area contributed by atoms with Gasteiger partial charge in [-0.2, -0.15) is 11.8 Å². The van der Waals surface area contributed by atoms with Gasteiger partial charge < -0.3 is 10.2 Å². The predicted octanol–water partition coefficient (Wildman–Crippen LogP) is 1.67. The van der Waals surface area contributed by atoms with E-state index in [4.69, 9.17) is 0 Å². The zero-order valence-corrected chi connectivity index (χ0v) is 10.7. The number of rotatable bonds is 4. The van der Waals surface area contributed by atoms with E-state index in [-0.39, 0.29) is 0 Å². The van der Waals surface area contributed by atoms with Crippen LogP contribution >= 0.6 is 11.8 Å². The lowest BCUT2D eigenvalue weighted by atomic mass is 10.0. The molecule has 1 N–H and O–H groups in total. The molecule has 15 heavy (non-hydrogen) atoms. The van der Waals surface area contributed by atoms with Crippen molar-refractivity contribution in [2.75, 3.05) is 44.7 Å². The van der Waals surface area contributed by atoms with E-state index in [1.807, 2.05) is 0 Å². The zero-order chi connectivity index (χ0) is 10.5. The molecule has 0 aromatic carbocycles. The smallest absolute Gasteiger partial charge is 0.00224 e. The van der Waals surface area contributed by atoms with E-state index in [1.165, 1.54) is 56.9 Å². The third-order valence-corrected chi connectivity index (χ3v) is 4.77. The van der Waals surface area contributed by atoms with Crippen LogP contribution in [0, 0.1) is 11.8 Å². The Morgan fingerprint density at radius 1 is 1.20 bits per heavy atom. The minimum absolute atomic E-state index is 0.910. The van der Waals surface area contributed by atoms with Gasteiger partial charge in [-0.05, 0) is 62.7 Å². The van der Waals surface area contributed by atoms with Crippen molar-refractivity contribution in [3.8, 4) is 0 Å². The molecule has 0 aromatic rings. The van der Waals surface area contributed by atoms with E-state index < -0.39 is 0 Å². The molecule has 0 bridgehead atoms. The number of hydrogen-bond donors (Lipinski definition) is 1. The van der Waals surface area contributed by atoms with Crippen LogP contribution < -0.4 is 5.32 Å². The number of nitrogens with zero attached hydrogens (tertiary/aromatic N) is 1. The number of nitrogens with one attached hydrogen (secondary N) is 1. The molecule has 88 valence electrons. The molecule has 0 spiro atoms. The van der Waals surface area contributed by atoms with Crippen LogP contribution in [0.15, 0.2) is 0 Å². The van der Waals surface area contributed by atoms with Crippen molar-refractivity contribution in [1.29, 1.82) is 0 Å². The summed E-state index contributed by atoms with van der Waals surface area (Å²) < 4.78 is 0. The normalized spacial score (nSPS) is 29.8. The van der Waals surface area contributed by atoms with E-state index in [0.29, 0.717) is 0 Å². The maximum absolute atomic E-state index is 3.30. The van der Waals surface area contributed by atoms with Crippen LogP contribution in [0.25, 0.3) is 0 Å². The van der Waals surface area contributed by atoms with Gasteiger partial charge >= 0.3 is 0 Å². The predicted molar refractivity (Wildman–Crippen MR) is 68.5 cm³/mol. The van der Waals surface area contributed by atoms with Gasteiger partial charge in [0.05, 0.1) is 0 Å². The van der Waals surface area contributed by atoms with Crippen LogP contribution in [-0.4, -0.2) is 49.6 Å². The monoisotopic (exact) mass is 228 g/mol. The molecule has 0 saturated carbocycles. The highest BCUT2D eigenvalue weighted by Crippen LogP contribution is 2.25. The molecule has 1 atom stereocenters. The molecule has 2 heterocycles. The molecular weight excluding hydrogens is 204 g/mol. The van der Waals surface area contributed by atoms with Gasteiger partial charge in [0.2, 0.25) is 0 Å². The van der Waals surface area contributed by atoms with E-state index in [2.05, 4.69) is 29.0 Å². The number of thioether (sulfide) groups is 1. The molecule has 3 heteroatoms. The summed E-state index contributed by atoms with van der Waals surface area (Å²) in [6.07, 6.45) is 4.32. The summed E-state index contributed by atoms with van der Waals surface area (Å²) in [7, 11) is 2.07. The molecule has 1 unspecified atom stereocenters. The van der Waals surface area contributed by atoms with Crippen molar-refractivity contribution in [2.24, 2.45) is 11.8 Å². The zero-order valence-electron chi connectivity index (χ0n) is 9.87.